The van der Waals surface area contributed by atoms with Crippen LogP contribution in [0.15, 0.2) is 42.6 Å². The highest BCUT2D eigenvalue weighted by atomic mass is 16.2. The number of rotatable bonds is 7. The van der Waals surface area contributed by atoms with Crippen molar-refractivity contribution in [1.29, 1.82) is 0 Å². The molecule has 1 aromatic carbocycles. The van der Waals surface area contributed by atoms with Crippen molar-refractivity contribution >= 4 is 17.6 Å². The SMILES string of the molecule is Cc1ccc(NC(=O)C(CC(C)C)NC(=O)c2ccc(C34CC5CC(CC(C5)C3)C4)cc2)nc1. The summed E-state index contributed by atoms with van der Waals surface area (Å²) in [5.74, 6) is 3.02. The van der Waals surface area contributed by atoms with Crippen LogP contribution >= 0.6 is 0 Å². The van der Waals surface area contributed by atoms with Crippen molar-refractivity contribution in [2.24, 2.45) is 23.7 Å². The summed E-state index contributed by atoms with van der Waals surface area (Å²) in [4.78, 5) is 30.3. The second-order valence-electron chi connectivity index (χ2n) is 11.6. The van der Waals surface area contributed by atoms with Crippen molar-refractivity contribution in [1.82, 2.24) is 10.3 Å². The lowest BCUT2D eigenvalue weighted by atomic mass is 9.48. The van der Waals surface area contributed by atoms with E-state index in [0.717, 1.165) is 23.3 Å². The van der Waals surface area contributed by atoms with E-state index in [1.54, 1.807) is 12.3 Å². The molecule has 180 valence electrons. The summed E-state index contributed by atoms with van der Waals surface area (Å²) in [6, 6.07) is 11.3. The first-order valence-corrected chi connectivity index (χ1v) is 12.9. The lowest BCUT2D eigenvalue weighted by Crippen LogP contribution is -2.48. The van der Waals surface area contributed by atoms with Crippen molar-refractivity contribution < 1.29 is 9.59 Å². The van der Waals surface area contributed by atoms with Crippen molar-refractivity contribution in [2.75, 3.05) is 5.32 Å². The molecule has 0 radical (unpaired) electrons. The maximum atomic E-state index is 13.1. The fourth-order valence-electron chi connectivity index (χ4n) is 7.14. The molecule has 4 fully saturated rings. The zero-order chi connectivity index (χ0) is 23.9. The van der Waals surface area contributed by atoms with E-state index >= 15 is 0 Å². The number of nitrogens with one attached hydrogen (secondary N) is 2. The molecule has 5 nitrogen and oxygen atoms in total. The number of pyridine rings is 1. The standard InChI is InChI=1S/C29H37N3O2/c1-18(2)10-25(28(34)32-26-9-4-19(3)17-30-26)31-27(33)23-5-7-24(8-6-23)29-14-20-11-21(15-29)13-22(12-20)16-29/h4-9,17-18,20-22,25H,10-16H2,1-3H3,(H,31,33)(H,30,32,34). The number of benzene rings is 1. The van der Waals surface area contributed by atoms with Gasteiger partial charge in [-0.1, -0.05) is 32.0 Å². The average Bonchev–Trinajstić information content (AvgIpc) is 2.79. The van der Waals surface area contributed by atoms with E-state index in [1.165, 1.54) is 44.1 Å². The molecule has 5 heteroatoms. The zero-order valence-electron chi connectivity index (χ0n) is 20.6. The Labute approximate surface area is 203 Å². The predicted octanol–water partition coefficient (Wildman–Crippen LogP) is 5.64. The van der Waals surface area contributed by atoms with E-state index in [2.05, 4.69) is 41.6 Å². The highest BCUT2D eigenvalue weighted by Crippen LogP contribution is 2.60. The minimum absolute atomic E-state index is 0.199. The van der Waals surface area contributed by atoms with E-state index in [0.29, 0.717) is 23.2 Å². The van der Waals surface area contributed by atoms with Gasteiger partial charge >= 0.3 is 0 Å². The number of carbonyl (C=O) groups excluding carboxylic acids is 2. The number of aromatic nitrogens is 1. The third-order valence-corrected chi connectivity index (χ3v) is 8.29. The third kappa shape index (κ3) is 4.75. The van der Waals surface area contributed by atoms with Gasteiger partial charge in [0.25, 0.3) is 5.91 Å². The van der Waals surface area contributed by atoms with Crippen LogP contribution in [0.2, 0.25) is 0 Å². The van der Waals surface area contributed by atoms with Gasteiger partial charge in [0, 0.05) is 11.8 Å². The molecule has 2 N–H and O–H groups in total. The molecule has 4 bridgehead atoms. The van der Waals surface area contributed by atoms with E-state index in [1.807, 2.05) is 25.1 Å². The molecule has 1 heterocycles. The topological polar surface area (TPSA) is 71.1 Å². The largest absolute Gasteiger partial charge is 0.340 e. The Morgan fingerprint density at radius 3 is 2.12 bits per heavy atom. The molecule has 0 spiro atoms. The van der Waals surface area contributed by atoms with Crippen LogP contribution in [0.3, 0.4) is 0 Å². The number of nitrogens with zero attached hydrogens (tertiary/aromatic N) is 1. The second-order valence-corrected chi connectivity index (χ2v) is 11.6. The summed E-state index contributed by atoms with van der Waals surface area (Å²) < 4.78 is 0. The monoisotopic (exact) mass is 459 g/mol. The normalized spacial score (nSPS) is 28.1. The first kappa shape index (κ1) is 23.1. The van der Waals surface area contributed by atoms with Crippen molar-refractivity contribution in [2.45, 2.75) is 77.2 Å². The molecule has 4 saturated carbocycles. The Morgan fingerprint density at radius 1 is 0.971 bits per heavy atom. The van der Waals surface area contributed by atoms with Gasteiger partial charge in [-0.3, -0.25) is 9.59 Å². The Hall–Kier alpha value is -2.69. The van der Waals surface area contributed by atoms with Gasteiger partial charge in [-0.2, -0.15) is 0 Å². The van der Waals surface area contributed by atoms with Gasteiger partial charge in [-0.15, -0.1) is 0 Å². The molecule has 2 aromatic rings. The Balaban J connectivity index is 1.27. The molecular weight excluding hydrogens is 422 g/mol. The summed E-state index contributed by atoms with van der Waals surface area (Å²) in [5.41, 5.74) is 3.38. The molecule has 0 saturated heterocycles. The molecule has 2 amide bonds. The summed E-state index contributed by atoms with van der Waals surface area (Å²) in [6.45, 7) is 6.06. The first-order chi connectivity index (χ1) is 16.3. The van der Waals surface area contributed by atoms with Gasteiger partial charge in [-0.05, 0) is 110 Å². The molecule has 4 aliphatic carbocycles. The highest BCUT2D eigenvalue weighted by Gasteiger charge is 2.51. The molecule has 34 heavy (non-hydrogen) atoms. The molecule has 4 aliphatic rings. The number of carbonyl (C=O) groups is 2. The van der Waals surface area contributed by atoms with Gasteiger partial charge < -0.3 is 10.6 Å². The van der Waals surface area contributed by atoms with Crippen LogP contribution in [-0.4, -0.2) is 22.8 Å². The van der Waals surface area contributed by atoms with Gasteiger partial charge in [0.05, 0.1) is 0 Å². The van der Waals surface area contributed by atoms with Gasteiger partial charge in [0.15, 0.2) is 0 Å². The first-order valence-electron chi connectivity index (χ1n) is 12.9. The Kier molecular flexibility index (Phi) is 6.22. The third-order valence-electron chi connectivity index (χ3n) is 8.29. The van der Waals surface area contributed by atoms with Gasteiger partial charge in [0.1, 0.15) is 11.9 Å². The number of hydrogen-bond acceptors (Lipinski definition) is 3. The van der Waals surface area contributed by atoms with E-state index in [4.69, 9.17) is 0 Å². The highest BCUT2D eigenvalue weighted by molar-refractivity contribution is 6.00. The van der Waals surface area contributed by atoms with Crippen molar-refractivity contribution in [3.05, 3.63) is 59.3 Å². The summed E-state index contributed by atoms with van der Waals surface area (Å²) >= 11 is 0. The summed E-state index contributed by atoms with van der Waals surface area (Å²) in [5, 5.41) is 5.82. The Bertz CT molecular complexity index is 1010. The van der Waals surface area contributed by atoms with Gasteiger partial charge in [0.2, 0.25) is 5.91 Å². The Morgan fingerprint density at radius 2 is 1.59 bits per heavy atom. The fraction of sp³-hybridized carbons (Fsp3) is 0.552. The maximum Gasteiger partial charge on any atom is 0.251 e. The molecular formula is C29H37N3O2. The van der Waals surface area contributed by atoms with E-state index < -0.39 is 6.04 Å². The molecule has 1 unspecified atom stereocenters. The summed E-state index contributed by atoms with van der Waals surface area (Å²) in [7, 11) is 0. The van der Waals surface area contributed by atoms with Crippen LogP contribution < -0.4 is 10.6 Å². The second kappa shape index (κ2) is 9.16. The fourth-order valence-corrected chi connectivity index (χ4v) is 7.14. The number of anilines is 1. The van der Waals surface area contributed by atoms with Crippen molar-refractivity contribution in [3.63, 3.8) is 0 Å². The van der Waals surface area contributed by atoms with Gasteiger partial charge in [-0.25, -0.2) is 4.98 Å². The molecule has 1 aromatic heterocycles. The lowest BCUT2D eigenvalue weighted by Gasteiger charge is -2.57. The van der Waals surface area contributed by atoms with E-state index in [9.17, 15) is 9.59 Å². The quantitative estimate of drug-likeness (QED) is 0.563. The lowest BCUT2D eigenvalue weighted by molar-refractivity contribution is -0.118. The van der Waals surface area contributed by atoms with Crippen LogP contribution in [-0.2, 0) is 10.2 Å². The number of amides is 2. The minimum Gasteiger partial charge on any atom is -0.340 e. The van der Waals surface area contributed by atoms with Crippen molar-refractivity contribution in [3.8, 4) is 0 Å². The minimum atomic E-state index is -0.613. The maximum absolute atomic E-state index is 13.1. The smallest absolute Gasteiger partial charge is 0.251 e. The van der Waals surface area contributed by atoms with Crippen LogP contribution in [0, 0.1) is 30.6 Å². The summed E-state index contributed by atoms with van der Waals surface area (Å²) in [6.07, 6.45) is 10.5. The average molecular weight is 460 g/mol. The van der Waals surface area contributed by atoms with Crippen LogP contribution in [0.25, 0.3) is 0 Å². The van der Waals surface area contributed by atoms with Crippen LogP contribution in [0.5, 0.6) is 0 Å². The predicted molar refractivity (Wildman–Crippen MR) is 135 cm³/mol. The zero-order valence-corrected chi connectivity index (χ0v) is 20.6. The molecule has 1 atom stereocenters. The number of hydrogen-bond donors (Lipinski definition) is 2. The van der Waals surface area contributed by atoms with Crippen LogP contribution in [0.1, 0.15) is 80.3 Å². The number of aryl methyl sites for hydroxylation is 1. The molecule has 0 aliphatic heterocycles. The molecule has 6 rings (SSSR count). The van der Waals surface area contributed by atoms with E-state index in [-0.39, 0.29) is 17.7 Å². The van der Waals surface area contributed by atoms with Crippen LogP contribution in [0.4, 0.5) is 5.82 Å².